The van der Waals surface area contributed by atoms with Gasteiger partial charge < -0.3 is 4.74 Å². The van der Waals surface area contributed by atoms with Crippen LogP contribution in [0.3, 0.4) is 0 Å². The van der Waals surface area contributed by atoms with Crippen LogP contribution < -0.4 is 0 Å². The first-order valence-corrected chi connectivity index (χ1v) is 5.52. The molecule has 0 bridgehead atoms. The zero-order valence-corrected chi connectivity index (χ0v) is 9.02. The molecule has 16 heavy (non-hydrogen) atoms. The fourth-order valence-electron chi connectivity index (χ4n) is 1.61. The lowest BCUT2D eigenvalue weighted by Gasteiger charge is -2.22. The van der Waals surface area contributed by atoms with Gasteiger partial charge >= 0.3 is 5.97 Å². The number of hydrogen-bond acceptors (Lipinski definition) is 3. The van der Waals surface area contributed by atoms with Crippen LogP contribution in [0.25, 0.3) is 0 Å². The van der Waals surface area contributed by atoms with Crippen LogP contribution in [0.2, 0.25) is 0 Å². The first kappa shape index (κ1) is 10.9. The van der Waals surface area contributed by atoms with Crippen molar-refractivity contribution in [2.24, 2.45) is 5.92 Å². The van der Waals surface area contributed by atoms with E-state index in [1.54, 1.807) is 24.3 Å². The second-order valence-electron chi connectivity index (χ2n) is 4.02. The van der Waals surface area contributed by atoms with Crippen LogP contribution in [0.4, 0.5) is 0 Å². The van der Waals surface area contributed by atoms with Crippen LogP contribution in [0, 0.1) is 5.92 Å². The molecule has 0 atom stereocenters. The molecule has 0 aliphatic heterocycles. The summed E-state index contributed by atoms with van der Waals surface area (Å²) < 4.78 is 4.97. The van der Waals surface area contributed by atoms with Crippen molar-refractivity contribution in [3.8, 4) is 0 Å². The monoisotopic (exact) mass is 218 g/mol. The zero-order chi connectivity index (χ0) is 11.4. The predicted molar refractivity (Wildman–Crippen MR) is 59.1 cm³/mol. The van der Waals surface area contributed by atoms with Crippen LogP contribution in [0.1, 0.15) is 29.6 Å². The Morgan fingerprint density at radius 1 is 1.19 bits per heavy atom. The van der Waals surface area contributed by atoms with Gasteiger partial charge in [-0.05, 0) is 12.8 Å². The summed E-state index contributed by atoms with van der Waals surface area (Å²) in [5, 5.41) is 0. The molecule has 1 aliphatic carbocycles. The maximum absolute atomic E-state index is 11.6. The Bertz CT molecular complexity index is 379. The SMILES string of the molecule is O=C(COC(=O)C1CCC1)c1ccccc1. The lowest BCUT2D eigenvalue weighted by atomic mass is 9.86. The van der Waals surface area contributed by atoms with Gasteiger partial charge in [-0.2, -0.15) is 0 Å². The van der Waals surface area contributed by atoms with Gasteiger partial charge in [0.2, 0.25) is 0 Å². The van der Waals surface area contributed by atoms with Crippen molar-refractivity contribution in [2.45, 2.75) is 19.3 Å². The van der Waals surface area contributed by atoms with Gasteiger partial charge in [0.1, 0.15) is 0 Å². The fourth-order valence-corrected chi connectivity index (χ4v) is 1.61. The van der Waals surface area contributed by atoms with E-state index in [1.807, 2.05) is 6.07 Å². The summed E-state index contributed by atoms with van der Waals surface area (Å²) in [6.07, 6.45) is 2.89. The van der Waals surface area contributed by atoms with Crippen LogP contribution in [-0.4, -0.2) is 18.4 Å². The Morgan fingerprint density at radius 3 is 2.44 bits per heavy atom. The first-order valence-electron chi connectivity index (χ1n) is 5.52. The summed E-state index contributed by atoms with van der Waals surface area (Å²) in [6, 6.07) is 8.87. The molecule has 3 nitrogen and oxygen atoms in total. The van der Waals surface area contributed by atoms with Gasteiger partial charge in [0, 0.05) is 5.56 Å². The Morgan fingerprint density at radius 2 is 1.88 bits per heavy atom. The molecule has 1 aliphatic rings. The molecular formula is C13H14O3. The van der Waals surface area contributed by atoms with E-state index in [0.29, 0.717) is 5.56 Å². The molecule has 0 N–H and O–H groups in total. The van der Waals surface area contributed by atoms with Crippen molar-refractivity contribution < 1.29 is 14.3 Å². The Balaban J connectivity index is 1.81. The lowest BCUT2D eigenvalue weighted by Crippen LogP contribution is -2.26. The number of ether oxygens (including phenoxy) is 1. The van der Waals surface area contributed by atoms with Crippen LogP contribution in [0.5, 0.6) is 0 Å². The van der Waals surface area contributed by atoms with Crippen molar-refractivity contribution in [1.82, 2.24) is 0 Å². The van der Waals surface area contributed by atoms with Crippen LogP contribution in [0.15, 0.2) is 30.3 Å². The van der Waals surface area contributed by atoms with E-state index in [-0.39, 0.29) is 24.3 Å². The van der Waals surface area contributed by atoms with E-state index in [9.17, 15) is 9.59 Å². The number of carbonyl (C=O) groups is 2. The minimum atomic E-state index is -0.226. The number of rotatable bonds is 4. The summed E-state index contributed by atoms with van der Waals surface area (Å²) in [4.78, 5) is 23.0. The average Bonchev–Trinajstić information content (AvgIpc) is 2.25. The molecule has 1 saturated carbocycles. The van der Waals surface area contributed by atoms with Gasteiger partial charge in [0.15, 0.2) is 12.4 Å². The van der Waals surface area contributed by atoms with E-state index in [2.05, 4.69) is 0 Å². The molecule has 1 fully saturated rings. The summed E-state index contributed by atoms with van der Waals surface area (Å²) in [7, 11) is 0. The molecule has 0 radical (unpaired) electrons. The predicted octanol–water partition coefficient (Wildman–Crippen LogP) is 2.21. The van der Waals surface area contributed by atoms with Crippen molar-refractivity contribution in [3.05, 3.63) is 35.9 Å². The number of esters is 1. The third-order valence-corrected chi connectivity index (χ3v) is 2.88. The Hall–Kier alpha value is -1.64. The second kappa shape index (κ2) is 4.92. The molecule has 2 rings (SSSR count). The third-order valence-electron chi connectivity index (χ3n) is 2.88. The molecule has 84 valence electrons. The summed E-state index contributed by atoms with van der Waals surface area (Å²) in [5.74, 6) is -0.340. The summed E-state index contributed by atoms with van der Waals surface area (Å²) >= 11 is 0. The molecule has 0 amide bonds. The molecule has 0 aromatic heterocycles. The highest BCUT2D eigenvalue weighted by molar-refractivity contribution is 5.97. The van der Waals surface area contributed by atoms with Gasteiger partial charge in [-0.25, -0.2) is 0 Å². The van der Waals surface area contributed by atoms with E-state index in [0.717, 1.165) is 19.3 Å². The van der Waals surface area contributed by atoms with Crippen LogP contribution >= 0.6 is 0 Å². The minimum Gasteiger partial charge on any atom is -0.457 e. The highest BCUT2D eigenvalue weighted by Gasteiger charge is 2.27. The molecular weight excluding hydrogens is 204 g/mol. The van der Waals surface area contributed by atoms with Crippen molar-refractivity contribution in [3.63, 3.8) is 0 Å². The Labute approximate surface area is 94.4 Å². The highest BCUT2D eigenvalue weighted by Crippen LogP contribution is 2.27. The highest BCUT2D eigenvalue weighted by atomic mass is 16.5. The molecule has 0 heterocycles. The van der Waals surface area contributed by atoms with E-state index in [4.69, 9.17) is 4.74 Å². The molecule has 1 aromatic rings. The van der Waals surface area contributed by atoms with Gasteiger partial charge in [-0.3, -0.25) is 9.59 Å². The number of Topliss-reactive ketones (excluding diaryl/α,β-unsaturated/α-hetero) is 1. The van der Waals surface area contributed by atoms with Gasteiger partial charge in [-0.1, -0.05) is 36.8 Å². The standard InChI is InChI=1S/C13H14O3/c14-12(10-5-2-1-3-6-10)9-16-13(15)11-7-4-8-11/h1-3,5-6,11H,4,7-9H2. The maximum atomic E-state index is 11.6. The van der Waals surface area contributed by atoms with Gasteiger partial charge in [0.25, 0.3) is 0 Å². The number of ketones is 1. The number of carbonyl (C=O) groups excluding carboxylic acids is 2. The van der Waals surface area contributed by atoms with E-state index >= 15 is 0 Å². The quantitative estimate of drug-likeness (QED) is 0.575. The van der Waals surface area contributed by atoms with Crippen LogP contribution in [-0.2, 0) is 9.53 Å². The number of benzene rings is 1. The minimum absolute atomic E-state index is 0.0311. The Kier molecular flexibility index (Phi) is 3.34. The average molecular weight is 218 g/mol. The van der Waals surface area contributed by atoms with Crippen molar-refractivity contribution >= 4 is 11.8 Å². The topological polar surface area (TPSA) is 43.4 Å². The zero-order valence-electron chi connectivity index (χ0n) is 9.02. The number of hydrogen-bond donors (Lipinski definition) is 0. The largest absolute Gasteiger partial charge is 0.457 e. The fraction of sp³-hybridized carbons (Fsp3) is 0.385. The molecule has 0 spiro atoms. The lowest BCUT2D eigenvalue weighted by molar-refractivity contribution is -0.150. The summed E-state index contributed by atoms with van der Waals surface area (Å²) in [6.45, 7) is -0.140. The smallest absolute Gasteiger partial charge is 0.309 e. The van der Waals surface area contributed by atoms with Crippen molar-refractivity contribution in [1.29, 1.82) is 0 Å². The van der Waals surface area contributed by atoms with Gasteiger partial charge in [-0.15, -0.1) is 0 Å². The molecule has 0 saturated heterocycles. The molecule has 3 heteroatoms. The molecule has 0 unspecified atom stereocenters. The first-order chi connectivity index (χ1) is 7.77. The second-order valence-corrected chi connectivity index (χ2v) is 4.02. The van der Waals surface area contributed by atoms with E-state index < -0.39 is 0 Å². The third kappa shape index (κ3) is 2.48. The summed E-state index contributed by atoms with van der Waals surface area (Å²) in [5.41, 5.74) is 0.587. The van der Waals surface area contributed by atoms with Gasteiger partial charge in [0.05, 0.1) is 5.92 Å². The van der Waals surface area contributed by atoms with Crippen molar-refractivity contribution in [2.75, 3.05) is 6.61 Å². The van der Waals surface area contributed by atoms with E-state index in [1.165, 1.54) is 0 Å². The molecule has 1 aromatic carbocycles. The maximum Gasteiger partial charge on any atom is 0.309 e. The normalized spacial score (nSPS) is 15.2.